The van der Waals surface area contributed by atoms with E-state index in [0.29, 0.717) is 13.0 Å². The van der Waals surface area contributed by atoms with Gasteiger partial charge in [-0.1, -0.05) is 0 Å². The van der Waals surface area contributed by atoms with Crippen LogP contribution < -0.4 is 11.1 Å². The molecule has 0 fully saturated rings. The standard InChI is InChI=1S/C9H18N2O4/c10-5-2-1-3-8(13)11-7(4-6-12)9(14)15/h7,12H,1-6,10H2,(H,11,13)(H,14,15). The van der Waals surface area contributed by atoms with E-state index in [1.54, 1.807) is 0 Å². The van der Waals surface area contributed by atoms with E-state index >= 15 is 0 Å². The number of aliphatic hydroxyl groups excluding tert-OH is 1. The minimum Gasteiger partial charge on any atom is -0.480 e. The van der Waals surface area contributed by atoms with Crippen LogP contribution in [-0.2, 0) is 9.59 Å². The number of carbonyl (C=O) groups excluding carboxylic acids is 1. The summed E-state index contributed by atoms with van der Waals surface area (Å²) in [6.07, 6.45) is 1.68. The van der Waals surface area contributed by atoms with Crippen LogP contribution in [0.2, 0.25) is 0 Å². The number of unbranched alkanes of at least 4 members (excludes halogenated alkanes) is 1. The van der Waals surface area contributed by atoms with Crippen LogP contribution in [0, 0.1) is 0 Å². The van der Waals surface area contributed by atoms with E-state index in [1.807, 2.05) is 0 Å². The number of carboxylic acid groups (broad SMARTS) is 1. The van der Waals surface area contributed by atoms with Crippen molar-refractivity contribution in [2.45, 2.75) is 31.7 Å². The molecule has 0 aliphatic heterocycles. The van der Waals surface area contributed by atoms with Gasteiger partial charge >= 0.3 is 5.97 Å². The number of hydrogen-bond acceptors (Lipinski definition) is 4. The smallest absolute Gasteiger partial charge is 0.326 e. The molecular formula is C9H18N2O4. The number of carbonyl (C=O) groups is 2. The Balaban J connectivity index is 3.84. The maximum Gasteiger partial charge on any atom is 0.326 e. The maximum atomic E-state index is 11.2. The summed E-state index contributed by atoms with van der Waals surface area (Å²) in [7, 11) is 0. The summed E-state index contributed by atoms with van der Waals surface area (Å²) < 4.78 is 0. The molecule has 0 aromatic rings. The van der Waals surface area contributed by atoms with Crippen LogP contribution >= 0.6 is 0 Å². The Hall–Kier alpha value is -1.14. The first-order chi connectivity index (χ1) is 7.11. The number of nitrogens with one attached hydrogen (secondary N) is 1. The maximum absolute atomic E-state index is 11.2. The van der Waals surface area contributed by atoms with E-state index in [2.05, 4.69) is 5.32 Å². The molecule has 1 unspecified atom stereocenters. The molecular weight excluding hydrogens is 200 g/mol. The molecule has 1 atom stereocenters. The Kier molecular flexibility index (Phi) is 7.57. The van der Waals surface area contributed by atoms with Crippen molar-refractivity contribution in [1.29, 1.82) is 0 Å². The van der Waals surface area contributed by atoms with Gasteiger partial charge in [-0.15, -0.1) is 0 Å². The number of rotatable bonds is 8. The summed E-state index contributed by atoms with van der Waals surface area (Å²) in [6.45, 7) is 0.256. The molecule has 88 valence electrons. The monoisotopic (exact) mass is 218 g/mol. The first kappa shape index (κ1) is 13.9. The highest BCUT2D eigenvalue weighted by Gasteiger charge is 2.18. The zero-order valence-electron chi connectivity index (χ0n) is 8.61. The number of aliphatic carboxylic acids is 1. The summed E-state index contributed by atoms with van der Waals surface area (Å²) in [5, 5.41) is 19.6. The van der Waals surface area contributed by atoms with Crippen molar-refractivity contribution >= 4 is 11.9 Å². The second-order valence-corrected chi connectivity index (χ2v) is 3.22. The Bertz CT molecular complexity index is 208. The second kappa shape index (κ2) is 8.19. The zero-order valence-corrected chi connectivity index (χ0v) is 8.61. The van der Waals surface area contributed by atoms with Crippen LogP contribution in [0.5, 0.6) is 0 Å². The molecule has 0 aliphatic carbocycles. The van der Waals surface area contributed by atoms with Gasteiger partial charge in [0, 0.05) is 19.4 Å². The van der Waals surface area contributed by atoms with Gasteiger partial charge in [0.15, 0.2) is 0 Å². The highest BCUT2D eigenvalue weighted by Crippen LogP contribution is 1.97. The molecule has 0 aromatic heterocycles. The fraction of sp³-hybridized carbons (Fsp3) is 0.778. The van der Waals surface area contributed by atoms with Crippen LogP contribution in [0.15, 0.2) is 0 Å². The van der Waals surface area contributed by atoms with Crippen molar-refractivity contribution < 1.29 is 19.8 Å². The molecule has 0 radical (unpaired) electrons. The number of carboxylic acids is 1. The second-order valence-electron chi connectivity index (χ2n) is 3.22. The van der Waals surface area contributed by atoms with E-state index in [-0.39, 0.29) is 25.4 Å². The number of hydrogen-bond donors (Lipinski definition) is 4. The van der Waals surface area contributed by atoms with E-state index in [1.165, 1.54) is 0 Å². The van der Waals surface area contributed by atoms with Gasteiger partial charge in [0.05, 0.1) is 0 Å². The fourth-order valence-corrected chi connectivity index (χ4v) is 1.08. The predicted octanol–water partition coefficient (Wildman–Crippen LogP) is -0.933. The van der Waals surface area contributed by atoms with Crippen molar-refractivity contribution in [3.8, 4) is 0 Å². The molecule has 0 aromatic carbocycles. The lowest BCUT2D eigenvalue weighted by Gasteiger charge is -2.12. The Morgan fingerprint density at radius 2 is 2.00 bits per heavy atom. The third kappa shape index (κ3) is 6.87. The van der Waals surface area contributed by atoms with Crippen LogP contribution in [0.1, 0.15) is 25.7 Å². The van der Waals surface area contributed by atoms with E-state index in [9.17, 15) is 9.59 Å². The molecule has 15 heavy (non-hydrogen) atoms. The Morgan fingerprint density at radius 1 is 1.33 bits per heavy atom. The van der Waals surface area contributed by atoms with Gasteiger partial charge in [0.1, 0.15) is 6.04 Å². The third-order valence-corrected chi connectivity index (χ3v) is 1.91. The number of amides is 1. The average Bonchev–Trinajstić information content (AvgIpc) is 2.17. The van der Waals surface area contributed by atoms with Crippen LogP contribution in [0.4, 0.5) is 0 Å². The van der Waals surface area contributed by atoms with Gasteiger partial charge in [-0.2, -0.15) is 0 Å². The summed E-state index contributed by atoms with van der Waals surface area (Å²) in [6, 6.07) is -1.000. The van der Waals surface area contributed by atoms with Gasteiger partial charge in [-0.3, -0.25) is 4.79 Å². The molecule has 0 saturated heterocycles. The SMILES string of the molecule is NCCCCC(=O)NC(CCO)C(=O)O. The quantitative estimate of drug-likeness (QED) is 0.393. The highest BCUT2D eigenvalue weighted by molar-refractivity contribution is 5.83. The van der Waals surface area contributed by atoms with Crippen molar-refractivity contribution in [3.05, 3.63) is 0 Å². The molecule has 6 nitrogen and oxygen atoms in total. The van der Waals surface area contributed by atoms with Crippen molar-refractivity contribution in [3.63, 3.8) is 0 Å². The van der Waals surface area contributed by atoms with Crippen molar-refractivity contribution in [2.24, 2.45) is 5.73 Å². The summed E-state index contributed by atoms with van der Waals surface area (Å²) >= 11 is 0. The lowest BCUT2D eigenvalue weighted by Crippen LogP contribution is -2.41. The lowest BCUT2D eigenvalue weighted by molar-refractivity contribution is -0.142. The first-order valence-corrected chi connectivity index (χ1v) is 4.95. The highest BCUT2D eigenvalue weighted by atomic mass is 16.4. The molecule has 0 spiro atoms. The molecule has 0 rings (SSSR count). The van der Waals surface area contributed by atoms with Crippen molar-refractivity contribution in [2.75, 3.05) is 13.2 Å². The third-order valence-electron chi connectivity index (χ3n) is 1.91. The minimum absolute atomic E-state index is 0.0258. The molecule has 6 heteroatoms. The number of aliphatic hydroxyl groups is 1. The average molecular weight is 218 g/mol. The van der Waals surface area contributed by atoms with Gasteiger partial charge in [-0.05, 0) is 19.4 Å². The fourth-order valence-electron chi connectivity index (χ4n) is 1.08. The van der Waals surface area contributed by atoms with Crippen LogP contribution in [-0.4, -0.2) is 41.3 Å². The van der Waals surface area contributed by atoms with Gasteiger partial charge < -0.3 is 21.3 Å². The predicted molar refractivity (Wildman–Crippen MR) is 54.2 cm³/mol. The van der Waals surface area contributed by atoms with Gasteiger partial charge in [0.25, 0.3) is 0 Å². The van der Waals surface area contributed by atoms with Crippen molar-refractivity contribution in [1.82, 2.24) is 5.32 Å². The summed E-state index contributed by atoms with van der Waals surface area (Å²) in [4.78, 5) is 21.8. The molecule has 0 bridgehead atoms. The summed E-state index contributed by atoms with van der Waals surface area (Å²) in [5.74, 6) is -1.44. The molecule has 5 N–H and O–H groups in total. The first-order valence-electron chi connectivity index (χ1n) is 4.95. The topological polar surface area (TPSA) is 113 Å². The van der Waals surface area contributed by atoms with E-state index < -0.39 is 12.0 Å². The Labute approximate surface area is 88.5 Å². The number of nitrogens with two attached hydrogens (primary N) is 1. The largest absolute Gasteiger partial charge is 0.480 e. The van der Waals surface area contributed by atoms with E-state index in [0.717, 1.165) is 6.42 Å². The molecule has 0 aliphatic rings. The zero-order chi connectivity index (χ0) is 11.7. The Morgan fingerprint density at radius 3 is 2.47 bits per heavy atom. The van der Waals surface area contributed by atoms with Crippen LogP contribution in [0.25, 0.3) is 0 Å². The van der Waals surface area contributed by atoms with E-state index in [4.69, 9.17) is 15.9 Å². The normalized spacial score (nSPS) is 12.1. The van der Waals surface area contributed by atoms with Crippen LogP contribution in [0.3, 0.4) is 0 Å². The minimum atomic E-state index is -1.13. The molecule has 0 saturated carbocycles. The lowest BCUT2D eigenvalue weighted by atomic mass is 10.2. The molecule has 1 amide bonds. The van der Waals surface area contributed by atoms with Gasteiger partial charge in [0.2, 0.25) is 5.91 Å². The summed E-state index contributed by atoms with van der Waals surface area (Å²) in [5.41, 5.74) is 5.25. The van der Waals surface area contributed by atoms with Gasteiger partial charge in [-0.25, -0.2) is 4.79 Å². The molecule has 0 heterocycles.